The van der Waals surface area contributed by atoms with Crippen molar-refractivity contribution in [2.45, 2.75) is 0 Å². The molecule has 0 bridgehead atoms. The Labute approximate surface area is 133 Å². The molecule has 2 heterocycles. The van der Waals surface area contributed by atoms with Crippen LogP contribution in [0, 0.1) is 45.3 Å². The minimum Gasteiger partial charge on any atom is -0.255 e. The van der Waals surface area contributed by atoms with Crippen LogP contribution < -0.4 is 0 Å². The number of rotatable bonds is 1. The second kappa shape index (κ2) is 6.89. The van der Waals surface area contributed by atoms with Gasteiger partial charge in [-0.2, -0.15) is 21.0 Å². The van der Waals surface area contributed by atoms with Gasteiger partial charge in [-0.05, 0) is 12.1 Å². The molecule has 0 N–H and O–H groups in total. The van der Waals surface area contributed by atoms with Crippen molar-refractivity contribution in [3.8, 4) is 35.7 Å². The SMILES string of the molecule is N#Cc1nc(-c2ccccn2)c(C#N)c(C#N)c1C#N.[Os]. The molecular formula is C14H4N6Os. The monoisotopic (exact) mass is 448 g/mol. The number of nitriles is 4. The molecule has 21 heavy (non-hydrogen) atoms. The summed E-state index contributed by atoms with van der Waals surface area (Å²) in [7, 11) is 0. The van der Waals surface area contributed by atoms with E-state index in [1.165, 1.54) is 6.20 Å². The first-order chi connectivity index (χ1) is 9.76. The Morgan fingerprint density at radius 2 is 1.48 bits per heavy atom. The second-order valence-electron chi connectivity index (χ2n) is 3.60. The number of aromatic nitrogens is 2. The van der Waals surface area contributed by atoms with E-state index < -0.39 is 0 Å². The van der Waals surface area contributed by atoms with Crippen molar-refractivity contribution < 1.29 is 19.8 Å². The van der Waals surface area contributed by atoms with Gasteiger partial charge in [-0.3, -0.25) is 4.98 Å². The van der Waals surface area contributed by atoms with Crippen LogP contribution in [0.2, 0.25) is 0 Å². The number of hydrogen-bond donors (Lipinski definition) is 0. The fraction of sp³-hybridized carbons (Fsp3) is 0. The molecule has 0 aliphatic heterocycles. The molecule has 0 saturated carbocycles. The topological polar surface area (TPSA) is 121 Å². The molecule has 7 heteroatoms. The Balaban J connectivity index is 0.00000220. The molecule has 0 spiro atoms. The third-order valence-electron chi connectivity index (χ3n) is 2.55. The van der Waals surface area contributed by atoms with Crippen molar-refractivity contribution in [2.75, 3.05) is 0 Å². The zero-order valence-corrected chi connectivity index (χ0v) is 12.9. The summed E-state index contributed by atoms with van der Waals surface area (Å²) in [6.45, 7) is 0. The number of hydrogen-bond acceptors (Lipinski definition) is 6. The average molecular weight is 446 g/mol. The second-order valence-corrected chi connectivity index (χ2v) is 3.60. The summed E-state index contributed by atoms with van der Waals surface area (Å²) in [6, 6.07) is 12.1. The Morgan fingerprint density at radius 3 is 1.95 bits per heavy atom. The van der Waals surface area contributed by atoms with Crippen LogP contribution in [0.3, 0.4) is 0 Å². The van der Waals surface area contributed by atoms with E-state index >= 15 is 0 Å². The Hall–Kier alpha value is -3.10. The van der Waals surface area contributed by atoms with Crippen molar-refractivity contribution >= 4 is 0 Å². The van der Waals surface area contributed by atoms with E-state index in [9.17, 15) is 5.26 Å². The third-order valence-corrected chi connectivity index (χ3v) is 2.55. The van der Waals surface area contributed by atoms with Gasteiger partial charge in [-0.15, -0.1) is 0 Å². The first-order valence-electron chi connectivity index (χ1n) is 5.36. The van der Waals surface area contributed by atoms with Gasteiger partial charge in [0.15, 0.2) is 5.69 Å². The van der Waals surface area contributed by atoms with Crippen LogP contribution in [0.1, 0.15) is 22.4 Å². The Kier molecular flexibility index (Phi) is 5.23. The first-order valence-corrected chi connectivity index (χ1v) is 5.36. The van der Waals surface area contributed by atoms with Crippen LogP contribution in [-0.2, 0) is 19.8 Å². The molecule has 2 aromatic rings. The predicted octanol–water partition coefficient (Wildman–Crippen LogP) is 1.63. The van der Waals surface area contributed by atoms with Crippen molar-refractivity contribution in [2.24, 2.45) is 0 Å². The van der Waals surface area contributed by atoms with Crippen LogP contribution >= 0.6 is 0 Å². The molecule has 0 aliphatic carbocycles. The van der Waals surface area contributed by atoms with Crippen LogP contribution in [0.25, 0.3) is 11.4 Å². The fourth-order valence-electron chi connectivity index (χ4n) is 1.68. The van der Waals surface area contributed by atoms with Gasteiger partial charge in [0.1, 0.15) is 35.5 Å². The van der Waals surface area contributed by atoms with E-state index in [1.807, 2.05) is 6.07 Å². The normalized spacial score (nSPS) is 8.38. The third kappa shape index (κ3) is 2.75. The van der Waals surface area contributed by atoms with E-state index in [0.717, 1.165) is 0 Å². The molecule has 0 unspecified atom stereocenters. The standard InChI is InChI=1S/C14H4N6.Os/c15-5-9-10(6-16)13(8-18)20-14(11(9)7-17)12-3-1-2-4-19-12;/h1-4H;. The maximum absolute atomic E-state index is 9.21. The minimum atomic E-state index is -0.191. The van der Waals surface area contributed by atoms with Crippen molar-refractivity contribution in [3.63, 3.8) is 0 Å². The Bertz CT molecular complexity index is 847. The molecule has 98 valence electrons. The van der Waals surface area contributed by atoms with Crippen LogP contribution in [0.15, 0.2) is 24.4 Å². The van der Waals surface area contributed by atoms with Crippen LogP contribution in [0.4, 0.5) is 0 Å². The van der Waals surface area contributed by atoms with Gasteiger partial charge in [0.2, 0.25) is 0 Å². The molecule has 0 aliphatic rings. The molecule has 0 atom stereocenters. The molecule has 0 amide bonds. The average Bonchev–Trinajstić information content (AvgIpc) is 2.53. The minimum absolute atomic E-state index is 0. The molecule has 2 aromatic heterocycles. The molecule has 0 aromatic carbocycles. The van der Waals surface area contributed by atoms with Crippen LogP contribution in [0.5, 0.6) is 0 Å². The summed E-state index contributed by atoms with van der Waals surface area (Å²) in [5, 5.41) is 36.4. The van der Waals surface area contributed by atoms with E-state index in [0.29, 0.717) is 5.69 Å². The van der Waals surface area contributed by atoms with Crippen molar-refractivity contribution in [1.82, 2.24) is 9.97 Å². The molecule has 6 nitrogen and oxygen atoms in total. The van der Waals surface area contributed by atoms with Gasteiger partial charge >= 0.3 is 0 Å². The van der Waals surface area contributed by atoms with Gasteiger partial charge in [-0.25, -0.2) is 4.98 Å². The summed E-state index contributed by atoms with van der Waals surface area (Å²) in [4.78, 5) is 8.04. The van der Waals surface area contributed by atoms with Crippen molar-refractivity contribution in [3.05, 3.63) is 46.8 Å². The summed E-state index contributed by atoms with van der Waals surface area (Å²) in [5.74, 6) is 0. The largest absolute Gasteiger partial charge is 0.255 e. The van der Waals surface area contributed by atoms with E-state index in [4.69, 9.17) is 15.8 Å². The molecule has 2 rings (SSSR count). The molecular weight excluding hydrogens is 442 g/mol. The smallest absolute Gasteiger partial charge is 0.160 e. The first kappa shape index (κ1) is 16.0. The van der Waals surface area contributed by atoms with E-state index in [2.05, 4.69) is 9.97 Å². The van der Waals surface area contributed by atoms with Gasteiger partial charge in [0, 0.05) is 26.0 Å². The maximum atomic E-state index is 9.21. The summed E-state index contributed by atoms with van der Waals surface area (Å²) >= 11 is 0. The van der Waals surface area contributed by atoms with Gasteiger partial charge in [0.25, 0.3) is 0 Å². The number of nitrogens with zero attached hydrogens (tertiary/aromatic N) is 6. The maximum Gasteiger partial charge on any atom is 0.160 e. The van der Waals surface area contributed by atoms with Crippen molar-refractivity contribution in [1.29, 1.82) is 21.0 Å². The van der Waals surface area contributed by atoms with Crippen LogP contribution in [-0.4, -0.2) is 9.97 Å². The molecule has 0 saturated heterocycles. The fourth-order valence-corrected chi connectivity index (χ4v) is 1.68. The van der Waals surface area contributed by atoms with E-state index in [-0.39, 0.29) is 47.9 Å². The number of pyridine rings is 2. The summed E-state index contributed by atoms with van der Waals surface area (Å²) in [6.07, 6.45) is 1.51. The zero-order chi connectivity index (χ0) is 14.5. The van der Waals surface area contributed by atoms with E-state index in [1.54, 1.807) is 36.4 Å². The van der Waals surface area contributed by atoms with Gasteiger partial charge in [-0.1, -0.05) is 6.07 Å². The summed E-state index contributed by atoms with van der Waals surface area (Å²) in [5.41, 5.74) is -0.0966. The zero-order valence-electron chi connectivity index (χ0n) is 10.3. The Morgan fingerprint density at radius 1 is 0.810 bits per heavy atom. The summed E-state index contributed by atoms with van der Waals surface area (Å²) < 4.78 is 0. The quantitative estimate of drug-likeness (QED) is 0.656. The van der Waals surface area contributed by atoms with Gasteiger partial charge in [0.05, 0.1) is 16.8 Å². The predicted molar refractivity (Wildman–Crippen MR) is 66.3 cm³/mol. The van der Waals surface area contributed by atoms with Gasteiger partial charge < -0.3 is 0 Å². The molecule has 0 fully saturated rings. The molecule has 0 radical (unpaired) electrons.